The average molecular weight is 337 g/mol. The molecule has 3 rings (SSSR count). The van der Waals surface area contributed by atoms with Gasteiger partial charge in [0.05, 0.1) is 6.04 Å². The molecular formula is C17H21ClN2O3. The van der Waals surface area contributed by atoms with Gasteiger partial charge in [0.2, 0.25) is 0 Å². The van der Waals surface area contributed by atoms with Crippen LogP contribution >= 0.6 is 11.6 Å². The molecule has 2 unspecified atom stereocenters. The fraction of sp³-hybridized carbons (Fsp3) is 0.471. The number of hydrogen-bond donors (Lipinski definition) is 3. The Morgan fingerprint density at radius 1 is 1.26 bits per heavy atom. The van der Waals surface area contributed by atoms with E-state index < -0.39 is 0 Å². The minimum absolute atomic E-state index is 0.0246. The summed E-state index contributed by atoms with van der Waals surface area (Å²) in [6, 6.07) is 7.22. The predicted octanol–water partition coefficient (Wildman–Crippen LogP) is 2.41. The van der Waals surface area contributed by atoms with Gasteiger partial charge in [-0.05, 0) is 30.5 Å². The summed E-state index contributed by atoms with van der Waals surface area (Å²) in [7, 11) is 0. The minimum atomic E-state index is -0.201. The van der Waals surface area contributed by atoms with Crippen LogP contribution in [0.4, 0.5) is 4.79 Å². The third-order valence-corrected chi connectivity index (χ3v) is 4.58. The molecule has 3 N–H and O–H groups in total. The first kappa shape index (κ1) is 16.3. The molecule has 4 atom stereocenters. The second-order valence-corrected chi connectivity index (χ2v) is 6.46. The van der Waals surface area contributed by atoms with Crippen LogP contribution in [0.25, 0.3) is 0 Å². The second kappa shape index (κ2) is 7.34. The molecule has 1 heterocycles. The number of amides is 2. The maximum Gasteiger partial charge on any atom is 0.315 e. The van der Waals surface area contributed by atoms with Gasteiger partial charge in [-0.2, -0.15) is 0 Å². The lowest BCUT2D eigenvalue weighted by molar-refractivity contribution is 0.0998. The smallest absolute Gasteiger partial charge is 0.315 e. The Morgan fingerprint density at radius 2 is 2.04 bits per heavy atom. The van der Waals surface area contributed by atoms with Crippen molar-refractivity contribution in [2.75, 3.05) is 13.2 Å². The monoisotopic (exact) mass is 336 g/mol. The first-order valence-electron chi connectivity index (χ1n) is 7.89. The van der Waals surface area contributed by atoms with Crippen LogP contribution in [-0.2, 0) is 4.74 Å². The number of halogens is 1. The molecular weight excluding hydrogens is 316 g/mol. The van der Waals surface area contributed by atoms with Crippen LogP contribution in [0, 0.1) is 5.92 Å². The van der Waals surface area contributed by atoms with E-state index in [1.165, 1.54) is 0 Å². The minimum Gasteiger partial charge on any atom is -0.396 e. The molecule has 1 aliphatic heterocycles. The Morgan fingerprint density at radius 3 is 2.74 bits per heavy atom. The van der Waals surface area contributed by atoms with E-state index in [-0.39, 0.29) is 36.7 Å². The molecule has 1 aromatic carbocycles. The van der Waals surface area contributed by atoms with Crippen molar-refractivity contribution in [1.82, 2.24) is 10.6 Å². The molecule has 1 aliphatic carbocycles. The van der Waals surface area contributed by atoms with E-state index in [0.29, 0.717) is 11.6 Å². The summed E-state index contributed by atoms with van der Waals surface area (Å²) in [6.07, 6.45) is 5.25. The third-order valence-electron chi connectivity index (χ3n) is 4.33. The van der Waals surface area contributed by atoms with E-state index >= 15 is 0 Å². The van der Waals surface area contributed by atoms with Gasteiger partial charge in [-0.25, -0.2) is 4.79 Å². The molecule has 124 valence electrons. The van der Waals surface area contributed by atoms with Crippen LogP contribution in [0.5, 0.6) is 0 Å². The number of benzene rings is 1. The Hall–Kier alpha value is -1.56. The first-order valence-corrected chi connectivity index (χ1v) is 8.27. The average Bonchev–Trinajstić information content (AvgIpc) is 3.17. The van der Waals surface area contributed by atoms with Crippen LogP contribution in [-0.4, -0.2) is 36.4 Å². The molecule has 0 saturated carbocycles. The summed E-state index contributed by atoms with van der Waals surface area (Å²) >= 11 is 5.91. The van der Waals surface area contributed by atoms with Crippen molar-refractivity contribution in [2.24, 2.45) is 5.92 Å². The van der Waals surface area contributed by atoms with Crippen molar-refractivity contribution >= 4 is 17.6 Å². The van der Waals surface area contributed by atoms with Gasteiger partial charge in [0.25, 0.3) is 0 Å². The van der Waals surface area contributed by atoms with E-state index in [4.69, 9.17) is 21.4 Å². The number of rotatable bonds is 4. The largest absolute Gasteiger partial charge is 0.396 e. The van der Waals surface area contributed by atoms with Gasteiger partial charge in [0.15, 0.2) is 0 Å². The third kappa shape index (κ3) is 4.05. The fourth-order valence-corrected chi connectivity index (χ4v) is 3.24. The van der Waals surface area contributed by atoms with Crippen molar-refractivity contribution in [3.05, 3.63) is 47.0 Å². The molecule has 2 amide bonds. The SMILES string of the molecule is O=C(NC1CCOC1c1ccc(Cl)cc1)N[C@@H]1C=C[C@H](CO)C1. The number of nitrogens with one attached hydrogen (secondary N) is 2. The van der Waals surface area contributed by atoms with Crippen molar-refractivity contribution in [3.8, 4) is 0 Å². The van der Waals surface area contributed by atoms with Gasteiger partial charge >= 0.3 is 6.03 Å². The van der Waals surface area contributed by atoms with Gasteiger partial charge < -0.3 is 20.5 Å². The van der Waals surface area contributed by atoms with Crippen LogP contribution in [0.3, 0.4) is 0 Å². The molecule has 6 heteroatoms. The van der Waals surface area contributed by atoms with E-state index in [2.05, 4.69) is 10.6 Å². The highest BCUT2D eigenvalue weighted by atomic mass is 35.5. The van der Waals surface area contributed by atoms with E-state index in [1.54, 1.807) is 0 Å². The van der Waals surface area contributed by atoms with Gasteiger partial charge in [0.1, 0.15) is 6.10 Å². The maximum absolute atomic E-state index is 12.2. The second-order valence-electron chi connectivity index (χ2n) is 6.03. The molecule has 1 fully saturated rings. The molecule has 0 radical (unpaired) electrons. The lowest BCUT2D eigenvalue weighted by Crippen LogP contribution is -2.46. The summed E-state index contributed by atoms with van der Waals surface area (Å²) in [4.78, 5) is 12.2. The van der Waals surface area contributed by atoms with Gasteiger partial charge in [-0.3, -0.25) is 0 Å². The lowest BCUT2D eigenvalue weighted by Gasteiger charge is -2.22. The Labute approximate surface area is 140 Å². The number of hydrogen-bond acceptors (Lipinski definition) is 3. The lowest BCUT2D eigenvalue weighted by atomic mass is 10.0. The molecule has 0 bridgehead atoms. The van der Waals surface area contributed by atoms with Gasteiger partial charge in [-0.15, -0.1) is 0 Å². The fourth-order valence-electron chi connectivity index (χ4n) is 3.11. The van der Waals surface area contributed by atoms with E-state index in [1.807, 2.05) is 36.4 Å². The topological polar surface area (TPSA) is 70.6 Å². The summed E-state index contributed by atoms with van der Waals surface area (Å²) in [5, 5.41) is 15.7. The number of aliphatic hydroxyl groups is 1. The van der Waals surface area contributed by atoms with Gasteiger partial charge in [-0.1, -0.05) is 35.9 Å². The van der Waals surface area contributed by atoms with Crippen LogP contribution in [0.1, 0.15) is 24.5 Å². The molecule has 0 spiro atoms. The number of carbonyl (C=O) groups excluding carboxylic acids is 1. The van der Waals surface area contributed by atoms with Crippen molar-refractivity contribution < 1.29 is 14.6 Å². The zero-order chi connectivity index (χ0) is 16.2. The standard InChI is InChI=1S/C17H21ClN2O3/c18-13-4-2-12(3-5-13)16-15(7-8-23-16)20-17(22)19-14-6-1-11(9-14)10-21/h1-6,11,14-16,21H,7-10H2,(H2,19,20,22)/t11-,14+,15?,16?/m0/s1. The zero-order valence-electron chi connectivity index (χ0n) is 12.7. The van der Waals surface area contributed by atoms with Crippen molar-refractivity contribution in [1.29, 1.82) is 0 Å². The summed E-state index contributed by atoms with van der Waals surface area (Å²) < 4.78 is 5.76. The molecule has 5 nitrogen and oxygen atoms in total. The number of ether oxygens (including phenoxy) is 1. The molecule has 23 heavy (non-hydrogen) atoms. The zero-order valence-corrected chi connectivity index (χ0v) is 13.5. The Kier molecular flexibility index (Phi) is 5.20. The predicted molar refractivity (Wildman–Crippen MR) is 88.3 cm³/mol. The number of urea groups is 1. The first-order chi connectivity index (χ1) is 11.2. The molecule has 1 aromatic rings. The molecule has 0 aromatic heterocycles. The highest BCUT2D eigenvalue weighted by molar-refractivity contribution is 6.30. The van der Waals surface area contributed by atoms with E-state index in [0.717, 1.165) is 18.4 Å². The highest BCUT2D eigenvalue weighted by Crippen LogP contribution is 2.30. The quantitative estimate of drug-likeness (QED) is 0.739. The highest BCUT2D eigenvalue weighted by Gasteiger charge is 2.31. The van der Waals surface area contributed by atoms with E-state index in [9.17, 15) is 4.79 Å². The van der Waals surface area contributed by atoms with Gasteiger partial charge in [0, 0.05) is 30.2 Å². The van der Waals surface area contributed by atoms with Crippen LogP contribution in [0.2, 0.25) is 5.02 Å². The Balaban J connectivity index is 1.55. The van der Waals surface area contributed by atoms with Crippen molar-refractivity contribution in [2.45, 2.75) is 31.0 Å². The number of carbonyl (C=O) groups is 1. The normalized spacial score (nSPS) is 29.7. The molecule has 2 aliphatic rings. The molecule has 1 saturated heterocycles. The van der Waals surface area contributed by atoms with Crippen molar-refractivity contribution in [3.63, 3.8) is 0 Å². The van der Waals surface area contributed by atoms with Crippen LogP contribution in [0.15, 0.2) is 36.4 Å². The Bertz CT molecular complexity index is 576. The number of aliphatic hydroxyl groups excluding tert-OH is 1. The summed E-state index contributed by atoms with van der Waals surface area (Å²) in [5.74, 6) is 0.136. The maximum atomic E-state index is 12.2. The van der Waals surface area contributed by atoms with Crippen LogP contribution < -0.4 is 10.6 Å². The summed E-state index contributed by atoms with van der Waals surface area (Å²) in [5.41, 5.74) is 1.01. The summed E-state index contributed by atoms with van der Waals surface area (Å²) in [6.45, 7) is 0.736.